The Labute approximate surface area is 112 Å². The van der Waals surface area contributed by atoms with Crippen molar-refractivity contribution in [1.82, 2.24) is 9.97 Å². The molecule has 2 aromatic rings. The van der Waals surface area contributed by atoms with Gasteiger partial charge in [0.05, 0.1) is 18.5 Å². The van der Waals surface area contributed by atoms with Crippen molar-refractivity contribution in [3.05, 3.63) is 52.9 Å². The molecule has 0 unspecified atom stereocenters. The van der Waals surface area contributed by atoms with Crippen LogP contribution in [0.4, 0.5) is 4.39 Å². The standard InChI is InChI=1S/C15H17FN2O/c1-10-4-9-15(19-3)14(17-10)8-6-12-5-7-13(16)11(2)18-12/h4-5,7,9H,6,8H2,1-3H3. The molecule has 0 saturated heterocycles. The largest absolute Gasteiger partial charge is 0.495 e. The quantitative estimate of drug-likeness (QED) is 0.847. The molecule has 0 saturated carbocycles. The number of ether oxygens (including phenoxy) is 1. The summed E-state index contributed by atoms with van der Waals surface area (Å²) in [6.07, 6.45) is 1.44. The molecule has 0 aliphatic carbocycles. The van der Waals surface area contributed by atoms with E-state index in [1.54, 1.807) is 20.1 Å². The highest BCUT2D eigenvalue weighted by atomic mass is 19.1. The summed E-state index contributed by atoms with van der Waals surface area (Å²) in [5.74, 6) is 0.513. The highest BCUT2D eigenvalue weighted by Crippen LogP contribution is 2.18. The molecule has 0 atom stereocenters. The van der Waals surface area contributed by atoms with Crippen LogP contribution in [-0.2, 0) is 12.8 Å². The van der Waals surface area contributed by atoms with E-state index in [1.807, 2.05) is 19.1 Å². The first-order chi connectivity index (χ1) is 9.10. The molecule has 0 bridgehead atoms. The zero-order valence-corrected chi connectivity index (χ0v) is 11.4. The molecule has 19 heavy (non-hydrogen) atoms. The molecular weight excluding hydrogens is 243 g/mol. The molecule has 0 spiro atoms. The van der Waals surface area contributed by atoms with Crippen LogP contribution < -0.4 is 4.74 Å². The maximum atomic E-state index is 13.1. The fraction of sp³-hybridized carbons (Fsp3) is 0.333. The van der Waals surface area contributed by atoms with Crippen molar-refractivity contribution in [3.8, 4) is 5.75 Å². The van der Waals surface area contributed by atoms with Crippen LogP contribution in [0.15, 0.2) is 24.3 Å². The summed E-state index contributed by atoms with van der Waals surface area (Å²) in [4.78, 5) is 8.69. The summed E-state index contributed by atoms with van der Waals surface area (Å²) in [6.45, 7) is 3.62. The molecule has 0 N–H and O–H groups in total. The Bertz CT molecular complexity index is 584. The lowest BCUT2D eigenvalue weighted by atomic mass is 10.1. The highest BCUT2D eigenvalue weighted by Gasteiger charge is 2.07. The van der Waals surface area contributed by atoms with Crippen molar-refractivity contribution in [2.45, 2.75) is 26.7 Å². The lowest BCUT2D eigenvalue weighted by molar-refractivity contribution is 0.406. The van der Waals surface area contributed by atoms with Crippen LogP contribution in [0.1, 0.15) is 22.8 Å². The van der Waals surface area contributed by atoms with Gasteiger partial charge in [-0.1, -0.05) is 0 Å². The number of pyridine rings is 2. The second-order valence-corrected chi connectivity index (χ2v) is 4.47. The summed E-state index contributed by atoms with van der Waals surface area (Å²) in [6, 6.07) is 7.01. The zero-order valence-electron chi connectivity index (χ0n) is 11.4. The van der Waals surface area contributed by atoms with Crippen molar-refractivity contribution in [2.75, 3.05) is 7.11 Å². The van der Waals surface area contributed by atoms with E-state index in [2.05, 4.69) is 9.97 Å². The second-order valence-electron chi connectivity index (χ2n) is 4.47. The zero-order chi connectivity index (χ0) is 13.8. The normalized spacial score (nSPS) is 10.5. The van der Waals surface area contributed by atoms with Crippen LogP contribution in [0.25, 0.3) is 0 Å². The van der Waals surface area contributed by atoms with Gasteiger partial charge in [0.1, 0.15) is 11.6 Å². The van der Waals surface area contributed by atoms with E-state index < -0.39 is 0 Å². The van der Waals surface area contributed by atoms with Gasteiger partial charge in [0.25, 0.3) is 0 Å². The first kappa shape index (κ1) is 13.5. The van der Waals surface area contributed by atoms with E-state index in [0.717, 1.165) is 29.3 Å². The molecule has 2 rings (SSSR count). The fourth-order valence-corrected chi connectivity index (χ4v) is 1.94. The molecule has 0 aromatic carbocycles. The first-order valence-corrected chi connectivity index (χ1v) is 6.22. The van der Waals surface area contributed by atoms with Gasteiger partial charge in [-0.2, -0.15) is 0 Å². The van der Waals surface area contributed by atoms with E-state index in [0.29, 0.717) is 12.1 Å². The third-order valence-corrected chi connectivity index (χ3v) is 2.99. The van der Waals surface area contributed by atoms with Crippen molar-refractivity contribution in [2.24, 2.45) is 0 Å². The van der Waals surface area contributed by atoms with Gasteiger partial charge in [-0.3, -0.25) is 9.97 Å². The monoisotopic (exact) mass is 260 g/mol. The molecule has 2 aromatic heterocycles. The smallest absolute Gasteiger partial charge is 0.144 e. The van der Waals surface area contributed by atoms with Crippen LogP contribution in [0.2, 0.25) is 0 Å². The second kappa shape index (κ2) is 5.78. The van der Waals surface area contributed by atoms with Gasteiger partial charge in [-0.15, -0.1) is 0 Å². The predicted octanol–water partition coefficient (Wildman–Crippen LogP) is 3.03. The minimum absolute atomic E-state index is 0.269. The van der Waals surface area contributed by atoms with Crippen LogP contribution >= 0.6 is 0 Å². The van der Waals surface area contributed by atoms with Gasteiger partial charge in [0.15, 0.2) is 0 Å². The van der Waals surface area contributed by atoms with E-state index in [4.69, 9.17) is 4.74 Å². The maximum Gasteiger partial charge on any atom is 0.144 e. The maximum absolute atomic E-state index is 13.1. The van der Waals surface area contributed by atoms with Crippen LogP contribution in [0.3, 0.4) is 0 Å². The van der Waals surface area contributed by atoms with E-state index in [1.165, 1.54) is 6.07 Å². The Morgan fingerprint density at radius 2 is 1.84 bits per heavy atom. The lowest BCUT2D eigenvalue weighted by Crippen LogP contribution is -2.02. The van der Waals surface area contributed by atoms with Crippen molar-refractivity contribution in [1.29, 1.82) is 0 Å². The Balaban J connectivity index is 2.13. The van der Waals surface area contributed by atoms with Crippen molar-refractivity contribution in [3.63, 3.8) is 0 Å². The molecule has 0 amide bonds. The highest BCUT2D eigenvalue weighted by molar-refractivity contribution is 5.30. The minimum Gasteiger partial charge on any atom is -0.495 e. The van der Waals surface area contributed by atoms with Gasteiger partial charge < -0.3 is 4.74 Å². The van der Waals surface area contributed by atoms with Gasteiger partial charge in [-0.05, 0) is 51.0 Å². The molecule has 4 heteroatoms. The predicted molar refractivity (Wildman–Crippen MR) is 71.9 cm³/mol. The Morgan fingerprint density at radius 3 is 2.53 bits per heavy atom. The lowest BCUT2D eigenvalue weighted by Gasteiger charge is -2.08. The minimum atomic E-state index is -0.269. The third kappa shape index (κ3) is 3.28. The number of hydrogen-bond donors (Lipinski definition) is 0. The number of aromatic nitrogens is 2. The number of nitrogens with zero attached hydrogens (tertiary/aromatic N) is 2. The average molecular weight is 260 g/mol. The molecule has 0 fully saturated rings. The van der Waals surface area contributed by atoms with Crippen molar-refractivity contribution >= 4 is 0 Å². The molecule has 100 valence electrons. The summed E-state index contributed by atoms with van der Waals surface area (Å²) < 4.78 is 18.4. The number of methoxy groups -OCH3 is 1. The summed E-state index contributed by atoms with van der Waals surface area (Å²) in [5.41, 5.74) is 3.16. The van der Waals surface area contributed by atoms with Gasteiger partial charge >= 0.3 is 0 Å². The molecule has 3 nitrogen and oxygen atoms in total. The van der Waals surface area contributed by atoms with E-state index in [-0.39, 0.29) is 5.82 Å². The van der Waals surface area contributed by atoms with E-state index >= 15 is 0 Å². The molecular formula is C15H17FN2O. The molecule has 0 radical (unpaired) electrons. The third-order valence-electron chi connectivity index (χ3n) is 2.99. The Morgan fingerprint density at radius 1 is 1.05 bits per heavy atom. The summed E-state index contributed by atoms with van der Waals surface area (Å²) in [5, 5.41) is 0. The number of halogens is 1. The van der Waals surface area contributed by atoms with Crippen LogP contribution in [0.5, 0.6) is 5.75 Å². The van der Waals surface area contributed by atoms with Crippen LogP contribution in [0, 0.1) is 19.7 Å². The molecule has 2 heterocycles. The first-order valence-electron chi connectivity index (χ1n) is 6.22. The van der Waals surface area contributed by atoms with Gasteiger partial charge in [0.2, 0.25) is 0 Å². The van der Waals surface area contributed by atoms with Gasteiger partial charge in [0, 0.05) is 11.4 Å². The van der Waals surface area contributed by atoms with Gasteiger partial charge in [-0.25, -0.2) is 4.39 Å². The summed E-state index contributed by atoms with van der Waals surface area (Å²) >= 11 is 0. The van der Waals surface area contributed by atoms with Crippen molar-refractivity contribution < 1.29 is 9.13 Å². The molecule has 0 aliphatic heterocycles. The Kier molecular flexibility index (Phi) is 4.10. The SMILES string of the molecule is COc1ccc(C)nc1CCc1ccc(F)c(C)n1. The topological polar surface area (TPSA) is 35.0 Å². The number of rotatable bonds is 4. The number of hydrogen-bond acceptors (Lipinski definition) is 3. The Hall–Kier alpha value is -1.97. The molecule has 0 aliphatic rings. The number of aryl methyl sites for hydroxylation is 4. The average Bonchev–Trinajstić information content (AvgIpc) is 2.40. The van der Waals surface area contributed by atoms with Crippen LogP contribution in [-0.4, -0.2) is 17.1 Å². The fourth-order valence-electron chi connectivity index (χ4n) is 1.94. The van der Waals surface area contributed by atoms with E-state index in [9.17, 15) is 4.39 Å². The summed E-state index contributed by atoms with van der Waals surface area (Å²) in [7, 11) is 1.64.